The zero-order valence-electron chi connectivity index (χ0n) is 19.1. The number of fused-ring (bicyclic) bond motifs is 1. The van der Waals surface area contributed by atoms with Gasteiger partial charge in [-0.15, -0.1) is 0 Å². The van der Waals surface area contributed by atoms with Gasteiger partial charge in [0.15, 0.2) is 11.5 Å². The Balaban J connectivity index is 1.53. The van der Waals surface area contributed by atoms with Crippen LogP contribution in [0.25, 0.3) is 17.0 Å². The monoisotopic (exact) mass is 434 g/mol. The number of amides is 1. The average molecular weight is 435 g/mol. The van der Waals surface area contributed by atoms with Crippen molar-refractivity contribution in [2.24, 2.45) is 0 Å². The number of hydrogen-bond donors (Lipinski definition) is 0. The summed E-state index contributed by atoms with van der Waals surface area (Å²) in [6.07, 6.45) is 5.48. The van der Waals surface area contributed by atoms with Gasteiger partial charge in [0.2, 0.25) is 11.7 Å². The molecule has 0 radical (unpaired) electrons. The van der Waals surface area contributed by atoms with Gasteiger partial charge in [-0.2, -0.15) is 0 Å². The summed E-state index contributed by atoms with van der Waals surface area (Å²) in [7, 11) is 4.73. The molecule has 2 aromatic carbocycles. The van der Waals surface area contributed by atoms with Crippen molar-refractivity contribution in [1.82, 2.24) is 9.47 Å². The molecule has 1 aromatic heterocycles. The Morgan fingerprint density at radius 3 is 2.44 bits per heavy atom. The third kappa shape index (κ3) is 4.17. The lowest BCUT2D eigenvalue weighted by Crippen LogP contribution is -2.40. The first-order valence-corrected chi connectivity index (χ1v) is 10.9. The zero-order valence-corrected chi connectivity index (χ0v) is 19.1. The molecule has 1 aliphatic heterocycles. The van der Waals surface area contributed by atoms with Gasteiger partial charge in [0.05, 0.1) is 27.4 Å². The maximum Gasteiger partial charge on any atom is 0.246 e. The first-order valence-electron chi connectivity index (χ1n) is 10.9. The number of carbonyl (C=O) groups excluding carboxylic acids is 1. The molecule has 1 aliphatic rings. The average Bonchev–Trinajstić information content (AvgIpc) is 3.17. The third-order valence-electron chi connectivity index (χ3n) is 6.12. The molecule has 32 heavy (non-hydrogen) atoms. The van der Waals surface area contributed by atoms with E-state index in [0.717, 1.165) is 24.9 Å². The molecule has 168 valence electrons. The summed E-state index contributed by atoms with van der Waals surface area (Å²) in [6, 6.07) is 14.6. The molecule has 1 unspecified atom stereocenters. The Morgan fingerprint density at radius 1 is 1.03 bits per heavy atom. The maximum absolute atomic E-state index is 13.0. The highest BCUT2D eigenvalue weighted by molar-refractivity contribution is 5.92. The van der Waals surface area contributed by atoms with Gasteiger partial charge in [0.25, 0.3) is 0 Å². The molecular weight excluding hydrogens is 404 g/mol. The Labute approximate surface area is 189 Å². The van der Waals surface area contributed by atoms with Gasteiger partial charge in [0, 0.05) is 30.4 Å². The number of carbonyl (C=O) groups is 1. The lowest BCUT2D eigenvalue weighted by atomic mass is 10.0. The molecule has 3 aromatic rings. The minimum atomic E-state index is 0.0116. The molecule has 6 heteroatoms. The summed E-state index contributed by atoms with van der Waals surface area (Å²) < 4.78 is 18.6. The molecular formula is C26H30N2O4. The predicted molar refractivity (Wildman–Crippen MR) is 127 cm³/mol. The van der Waals surface area contributed by atoms with Crippen molar-refractivity contribution in [3.8, 4) is 17.2 Å². The number of benzene rings is 2. The van der Waals surface area contributed by atoms with Gasteiger partial charge in [-0.1, -0.05) is 18.2 Å². The molecule has 1 amide bonds. The van der Waals surface area contributed by atoms with Crippen molar-refractivity contribution in [2.45, 2.75) is 25.8 Å². The summed E-state index contributed by atoms with van der Waals surface area (Å²) in [5.74, 6) is 1.67. The van der Waals surface area contributed by atoms with E-state index in [1.165, 1.54) is 16.6 Å². The van der Waals surface area contributed by atoms with Crippen molar-refractivity contribution in [2.75, 3.05) is 34.4 Å². The fourth-order valence-corrected chi connectivity index (χ4v) is 4.63. The second-order valence-electron chi connectivity index (χ2n) is 8.09. The van der Waals surface area contributed by atoms with E-state index in [1.54, 1.807) is 33.5 Å². The molecule has 0 spiro atoms. The summed E-state index contributed by atoms with van der Waals surface area (Å²) in [6.45, 7) is 3.62. The number of para-hydroxylation sites is 1. The summed E-state index contributed by atoms with van der Waals surface area (Å²) in [4.78, 5) is 15.0. The normalized spacial score (nSPS) is 16.5. The van der Waals surface area contributed by atoms with Crippen molar-refractivity contribution in [3.63, 3.8) is 0 Å². The topological polar surface area (TPSA) is 52.9 Å². The first kappa shape index (κ1) is 21.8. The van der Waals surface area contributed by atoms with Crippen LogP contribution in [0.5, 0.6) is 17.2 Å². The molecule has 0 saturated carbocycles. The standard InChI is InChI=1S/C26H30N2O4/c1-18-14-20-8-5-6-10-22(20)28(18)21-9-7-13-27(17-21)25(29)12-11-19-15-23(30-2)26(32-4)24(16-19)31-3/h5-6,8,10-12,14-16,21H,7,9,13,17H2,1-4H3/b12-11+. The number of ether oxygens (including phenoxy) is 3. The van der Waals surface area contributed by atoms with Crippen LogP contribution in [0.3, 0.4) is 0 Å². The van der Waals surface area contributed by atoms with E-state index in [-0.39, 0.29) is 11.9 Å². The van der Waals surface area contributed by atoms with Crippen molar-refractivity contribution in [1.29, 1.82) is 0 Å². The fraction of sp³-hybridized carbons (Fsp3) is 0.346. The largest absolute Gasteiger partial charge is 0.493 e. The quantitative estimate of drug-likeness (QED) is 0.521. The molecule has 4 rings (SSSR count). The highest BCUT2D eigenvalue weighted by Gasteiger charge is 2.25. The number of aryl methyl sites for hydroxylation is 1. The smallest absolute Gasteiger partial charge is 0.246 e. The van der Waals surface area contributed by atoms with Crippen LogP contribution in [0.4, 0.5) is 0 Å². The molecule has 0 aliphatic carbocycles. The fourth-order valence-electron chi connectivity index (χ4n) is 4.63. The van der Waals surface area contributed by atoms with Gasteiger partial charge in [-0.25, -0.2) is 0 Å². The molecule has 6 nitrogen and oxygen atoms in total. The minimum absolute atomic E-state index is 0.0116. The second-order valence-corrected chi connectivity index (χ2v) is 8.09. The van der Waals surface area contributed by atoms with Gasteiger partial charge >= 0.3 is 0 Å². The maximum atomic E-state index is 13.0. The number of aromatic nitrogens is 1. The first-order chi connectivity index (χ1) is 15.5. The third-order valence-corrected chi connectivity index (χ3v) is 6.12. The van der Waals surface area contributed by atoms with E-state index in [4.69, 9.17) is 14.2 Å². The van der Waals surface area contributed by atoms with Gasteiger partial charge in [0.1, 0.15) is 0 Å². The Bertz CT molecular complexity index is 1120. The highest BCUT2D eigenvalue weighted by Crippen LogP contribution is 2.38. The number of methoxy groups -OCH3 is 3. The van der Waals surface area contributed by atoms with Crippen LogP contribution in [-0.2, 0) is 4.79 Å². The molecule has 1 saturated heterocycles. The summed E-state index contributed by atoms with van der Waals surface area (Å²) in [5, 5.41) is 1.25. The van der Waals surface area contributed by atoms with Crippen LogP contribution in [0.1, 0.15) is 30.1 Å². The lowest BCUT2D eigenvalue weighted by molar-refractivity contribution is -0.127. The number of likely N-dealkylation sites (tertiary alicyclic amines) is 1. The van der Waals surface area contributed by atoms with E-state index < -0.39 is 0 Å². The number of hydrogen-bond acceptors (Lipinski definition) is 4. The van der Waals surface area contributed by atoms with E-state index in [1.807, 2.05) is 17.0 Å². The van der Waals surface area contributed by atoms with Gasteiger partial charge in [-0.05, 0) is 61.1 Å². The highest BCUT2D eigenvalue weighted by atomic mass is 16.5. The summed E-state index contributed by atoms with van der Waals surface area (Å²) in [5.41, 5.74) is 3.28. The lowest BCUT2D eigenvalue weighted by Gasteiger charge is -2.34. The SMILES string of the molecule is COc1cc(/C=C/C(=O)N2CCCC(n3c(C)cc4ccccc43)C2)cc(OC)c1OC. The minimum Gasteiger partial charge on any atom is -0.493 e. The van der Waals surface area contributed by atoms with Crippen molar-refractivity contribution >= 4 is 22.9 Å². The van der Waals surface area contributed by atoms with E-state index in [9.17, 15) is 4.79 Å². The van der Waals surface area contributed by atoms with Crippen molar-refractivity contribution < 1.29 is 19.0 Å². The van der Waals surface area contributed by atoms with Crippen LogP contribution < -0.4 is 14.2 Å². The molecule has 0 bridgehead atoms. The van der Waals surface area contributed by atoms with E-state index >= 15 is 0 Å². The van der Waals surface area contributed by atoms with Crippen LogP contribution in [0.15, 0.2) is 48.5 Å². The zero-order chi connectivity index (χ0) is 22.7. The predicted octanol–water partition coefficient (Wildman–Crippen LogP) is 4.85. The molecule has 0 N–H and O–H groups in total. The molecule has 1 fully saturated rings. The van der Waals surface area contributed by atoms with Gasteiger partial charge < -0.3 is 23.7 Å². The Morgan fingerprint density at radius 2 is 1.75 bits per heavy atom. The van der Waals surface area contributed by atoms with Crippen LogP contribution in [0.2, 0.25) is 0 Å². The molecule has 2 heterocycles. The van der Waals surface area contributed by atoms with Crippen LogP contribution in [-0.4, -0.2) is 49.8 Å². The number of nitrogens with zero attached hydrogens (tertiary/aromatic N) is 2. The summed E-state index contributed by atoms with van der Waals surface area (Å²) >= 11 is 0. The van der Waals surface area contributed by atoms with E-state index in [2.05, 4.69) is 41.8 Å². The van der Waals surface area contributed by atoms with E-state index in [0.29, 0.717) is 23.8 Å². The number of rotatable bonds is 6. The Hall–Kier alpha value is -3.41. The second kappa shape index (κ2) is 9.39. The van der Waals surface area contributed by atoms with Gasteiger partial charge in [-0.3, -0.25) is 4.79 Å². The van der Waals surface area contributed by atoms with Crippen LogP contribution in [0, 0.1) is 6.92 Å². The van der Waals surface area contributed by atoms with Crippen molar-refractivity contribution in [3.05, 3.63) is 59.8 Å². The molecule has 1 atom stereocenters. The number of piperidine rings is 1. The Kier molecular flexibility index (Phi) is 6.40. The van der Waals surface area contributed by atoms with Crippen LogP contribution >= 0.6 is 0 Å².